The Balaban J connectivity index is 1.90. The molecule has 0 aliphatic rings. The zero-order valence-electron chi connectivity index (χ0n) is 18.2. The Labute approximate surface area is 182 Å². The summed E-state index contributed by atoms with van der Waals surface area (Å²) in [4.78, 5) is 13.0. The van der Waals surface area contributed by atoms with E-state index < -0.39 is 12.6 Å². The molecule has 0 fully saturated rings. The van der Waals surface area contributed by atoms with Gasteiger partial charge in [-0.25, -0.2) is 4.79 Å². The van der Waals surface area contributed by atoms with Gasteiger partial charge in [0.15, 0.2) is 0 Å². The molecule has 1 N–H and O–H groups in total. The second-order valence-electron chi connectivity index (χ2n) is 7.24. The van der Waals surface area contributed by atoms with Gasteiger partial charge in [0.05, 0.1) is 7.95 Å². The first-order valence-corrected chi connectivity index (χ1v) is 10.3. The number of aromatic nitrogens is 3. The minimum absolute atomic E-state index is 0.139. The largest absolute Gasteiger partial charge is 0.505 e. The summed E-state index contributed by atoms with van der Waals surface area (Å²) in [5.74, 6) is -0.430. The van der Waals surface area contributed by atoms with E-state index in [0.29, 0.717) is 41.0 Å². The van der Waals surface area contributed by atoms with Crippen molar-refractivity contribution in [2.45, 2.75) is 46.0 Å². The lowest BCUT2D eigenvalue weighted by molar-refractivity contribution is -0.139. The molecule has 6 nitrogen and oxygen atoms in total. The van der Waals surface area contributed by atoms with Crippen molar-refractivity contribution in [2.24, 2.45) is 0 Å². The number of carbonyl (C=O) groups is 1. The maximum atomic E-state index is 11.6. The van der Waals surface area contributed by atoms with Gasteiger partial charge in [0.1, 0.15) is 22.5 Å². The van der Waals surface area contributed by atoms with Crippen LogP contribution in [0.5, 0.6) is 5.75 Å². The van der Waals surface area contributed by atoms with Crippen LogP contribution >= 0.6 is 11.6 Å². The Morgan fingerprint density at radius 1 is 1.23 bits per heavy atom. The quantitative estimate of drug-likeness (QED) is 0.375. The van der Waals surface area contributed by atoms with Crippen molar-refractivity contribution in [1.29, 1.82) is 0 Å². The van der Waals surface area contributed by atoms with Crippen LogP contribution in [0.25, 0.3) is 16.7 Å². The lowest BCUT2D eigenvalue weighted by Gasteiger charge is -2.13. The van der Waals surface area contributed by atoms with Crippen LogP contribution in [0.15, 0.2) is 42.5 Å². The Hall–Kier alpha value is -2.86. The van der Waals surface area contributed by atoms with Gasteiger partial charge in [-0.2, -0.15) is 0 Å². The maximum Gasteiger partial charge on any atom is 0.333 e. The molecule has 30 heavy (non-hydrogen) atoms. The number of aryl methyl sites for hydroxylation is 2. The van der Waals surface area contributed by atoms with Crippen LogP contribution in [0.4, 0.5) is 0 Å². The lowest BCUT2D eigenvalue weighted by Crippen LogP contribution is -2.07. The van der Waals surface area contributed by atoms with Crippen LogP contribution in [0.3, 0.4) is 0 Å². The Morgan fingerprint density at radius 3 is 2.73 bits per heavy atom. The van der Waals surface area contributed by atoms with Crippen molar-refractivity contribution in [3.05, 3.63) is 58.6 Å². The van der Waals surface area contributed by atoms with E-state index in [2.05, 4.69) is 23.7 Å². The number of phenols is 1. The summed E-state index contributed by atoms with van der Waals surface area (Å²) in [6, 6.07) is 8.98. The highest BCUT2D eigenvalue weighted by molar-refractivity contribution is 6.31. The molecule has 158 valence electrons. The van der Waals surface area contributed by atoms with Gasteiger partial charge in [0, 0.05) is 10.6 Å². The number of unbranched alkanes of at least 4 members (excludes halogenated alkanes) is 1. The van der Waals surface area contributed by atoms with Crippen LogP contribution in [0.1, 0.15) is 45.6 Å². The summed E-state index contributed by atoms with van der Waals surface area (Å²) in [6.07, 6.45) is 3.45. The zero-order chi connectivity index (χ0) is 22.5. The summed E-state index contributed by atoms with van der Waals surface area (Å²) >= 11 is 6.05. The highest BCUT2D eigenvalue weighted by Gasteiger charge is 2.15. The minimum atomic E-state index is -0.992. The van der Waals surface area contributed by atoms with Gasteiger partial charge in [-0.05, 0) is 68.0 Å². The molecule has 3 rings (SSSR count). The van der Waals surface area contributed by atoms with Gasteiger partial charge in [-0.1, -0.05) is 37.6 Å². The number of carbonyl (C=O) groups excluding carboxylic acids is 1. The Morgan fingerprint density at radius 2 is 2.00 bits per heavy atom. The topological polar surface area (TPSA) is 77.2 Å². The van der Waals surface area contributed by atoms with E-state index in [1.807, 2.05) is 6.07 Å². The molecule has 0 radical (unpaired) electrons. The fourth-order valence-electron chi connectivity index (χ4n) is 3.05. The van der Waals surface area contributed by atoms with Crippen molar-refractivity contribution < 1.29 is 16.0 Å². The number of rotatable bonds is 9. The van der Waals surface area contributed by atoms with Crippen molar-refractivity contribution in [2.75, 3.05) is 6.58 Å². The number of benzene rings is 2. The van der Waals surface area contributed by atoms with Crippen molar-refractivity contribution in [3.8, 4) is 11.4 Å². The van der Waals surface area contributed by atoms with Gasteiger partial charge in [-0.3, -0.25) is 0 Å². The van der Waals surface area contributed by atoms with E-state index in [1.54, 1.807) is 31.2 Å². The third kappa shape index (κ3) is 5.19. The second kappa shape index (κ2) is 9.76. The Kier molecular flexibility index (Phi) is 6.64. The van der Waals surface area contributed by atoms with Crippen LogP contribution in [-0.4, -0.2) is 32.7 Å². The van der Waals surface area contributed by atoms with Gasteiger partial charge in [-0.15, -0.1) is 15.0 Å². The second-order valence-corrected chi connectivity index (χ2v) is 7.68. The van der Waals surface area contributed by atoms with E-state index in [-0.39, 0.29) is 11.3 Å². The Bertz CT molecular complexity index is 1110. The molecular weight excluding hydrogens is 402 g/mol. The number of halogens is 1. The molecule has 1 atom stereocenters. The monoisotopic (exact) mass is 429 g/mol. The van der Waals surface area contributed by atoms with Crippen LogP contribution in [0.2, 0.25) is 5.02 Å². The molecule has 0 bridgehead atoms. The predicted molar refractivity (Wildman–Crippen MR) is 118 cm³/mol. The first-order valence-electron chi connectivity index (χ1n) is 10.5. The fourth-order valence-corrected chi connectivity index (χ4v) is 3.22. The molecule has 0 saturated carbocycles. The van der Waals surface area contributed by atoms with Crippen LogP contribution < -0.4 is 0 Å². The molecule has 7 heteroatoms. The number of fused-ring (bicyclic) bond motifs is 1. The highest BCUT2D eigenvalue weighted by atomic mass is 35.5. The molecule has 1 unspecified atom stereocenters. The summed E-state index contributed by atoms with van der Waals surface area (Å²) in [5.41, 5.74) is 3.74. The molecule has 0 spiro atoms. The van der Waals surface area contributed by atoms with E-state index >= 15 is 0 Å². The SMILES string of the molecule is [3H]C(CCc1cc(CCCC)c(O)c(-n2nc3ccc(Cl)cc3n2)c1)OC(=O)C(=C)C. The normalized spacial score (nSPS) is 12.6. The van der Waals surface area contributed by atoms with Gasteiger partial charge >= 0.3 is 5.97 Å². The number of aromatic hydroxyl groups is 1. The summed E-state index contributed by atoms with van der Waals surface area (Å²) < 4.78 is 13.0. The number of nitrogens with zero attached hydrogens (tertiary/aromatic N) is 3. The molecule has 0 aliphatic heterocycles. The van der Waals surface area contributed by atoms with E-state index in [0.717, 1.165) is 24.0 Å². The molecular formula is C23H26ClN3O3. The van der Waals surface area contributed by atoms with E-state index in [9.17, 15) is 9.90 Å². The molecule has 3 aromatic rings. The molecule has 0 aliphatic carbocycles. The van der Waals surface area contributed by atoms with Crippen LogP contribution in [-0.2, 0) is 22.4 Å². The average molecular weight is 430 g/mol. The molecule has 0 amide bonds. The predicted octanol–water partition coefficient (Wildman–Crippen LogP) is 5.17. The van der Waals surface area contributed by atoms with Gasteiger partial charge in [0.25, 0.3) is 0 Å². The number of hydrogen-bond donors (Lipinski definition) is 1. The van der Waals surface area contributed by atoms with Crippen molar-refractivity contribution >= 4 is 28.6 Å². The maximum absolute atomic E-state index is 11.6. The smallest absolute Gasteiger partial charge is 0.333 e. The van der Waals surface area contributed by atoms with Gasteiger partial charge < -0.3 is 9.84 Å². The third-order valence-electron chi connectivity index (χ3n) is 4.68. The molecule has 0 saturated heterocycles. The average Bonchev–Trinajstić information content (AvgIpc) is 3.14. The van der Waals surface area contributed by atoms with Gasteiger partial charge in [0.2, 0.25) is 0 Å². The number of phenolic OH excluding ortho intramolecular Hbond substituents is 1. The van der Waals surface area contributed by atoms with Crippen molar-refractivity contribution in [1.82, 2.24) is 15.0 Å². The first kappa shape index (κ1) is 20.4. The standard InChI is InChI=1S/C23H26ClN3O3/c1-4-5-8-17-12-16(7-6-11-30-23(29)15(2)3)13-21(22(17)28)27-25-19-10-9-18(24)14-20(19)26-27/h9-10,12-14,28H,2,4-8,11H2,1,3H3/i11T. The minimum Gasteiger partial charge on any atom is -0.505 e. The summed E-state index contributed by atoms with van der Waals surface area (Å²) in [5, 5.41) is 20.4. The number of hydrogen-bond acceptors (Lipinski definition) is 5. The van der Waals surface area contributed by atoms with E-state index in [1.165, 1.54) is 4.80 Å². The summed E-state index contributed by atoms with van der Waals surface area (Å²) in [7, 11) is 0. The van der Waals surface area contributed by atoms with E-state index in [4.69, 9.17) is 17.7 Å². The lowest BCUT2D eigenvalue weighted by atomic mass is 10.0. The molecule has 2 aromatic carbocycles. The fraction of sp³-hybridized carbons (Fsp3) is 0.348. The molecule has 1 heterocycles. The summed E-state index contributed by atoms with van der Waals surface area (Å²) in [6.45, 7) is 6.18. The number of ether oxygens (including phenoxy) is 1. The third-order valence-corrected chi connectivity index (χ3v) is 4.91. The van der Waals surface area contributed by atoms with Crippen molar-refractivity contribution in [3.63, 3.8) is 0 Å². The zero-order valence-corrected chi connectivity index (χ0v) is 17.9. The van der Waals surface area contributed by atoms with Crippen LogP contribution in [0, 0.1) is 0 Å². The number of esters is 1. The first-order chi connectivity index (χ1) is 14.8. The highest BCUT2D eigenvalue weighted by Crippen LogP contribution is 2.30. The molecule has 1 aromatic heterocycles.